The molecule has 1 aliphatic rings. The van der Waals surface area contributed by atoms with Crippen molar-refractivity contribution >= 4 is 17.8 Å². The van der Waals surface area contributed by atoms with Crippen molar-refractivity contribution in [3.05, 3.63) is 47.4 Å². The van der Waals surface area contributed by atoms with E-state index in [-0.39, 0.29) is 18.4 Å². The van der Waals surface area contributed by atoms with Crippen LogP contribution < -0.4 is 11.2 Å². The van der Waals surface area contributed by atoms with Gasteiger partial charge >= 0.3 is 5.97 Å². The number of carbonyl (C=O) groups is 2. The van der Waals surface area contributed by atoms with Gasteiger partial charge in [-0.1, -0.05) is 18.2 Å². The van der Waals surface area contributed by atoms with E-state index in [2.05, 4.69) is 10.5 Å². The number of nitrogens with zero attached hydrogens (tertiary/aromatic N) is 1. The van der Waals surface area contributed by atoms with Crippen LogP contribution in [0.2, 0.25) is 0 Å². The van der Waals surface area contributed by atoms with Gasteiger partial charge in [0.05, 0.1) is 6.61 Å². The van der Waals surface area contributed by atoms with Crippen molar-refractivity contribution in [1.82, 2.24) is 5.43 Å². The summed E-state index contributed by atoms with van der Waals surface area (Å²) < 4.78 is 10.1. The summed E-state index contributed by atoms with van der Waals surface area (Å²) in [6, 6.07) is 9.01. The summed E-state index contributed by atoms with van der Waals surface area (Å²) in [6.07, 6.45) is 0. The lowest BCUT2D eigenvalue weighted by Gasteiger charge is -2.06. The molecular formula is C13H13N3O4. The average molecular weight is 275 g/mol. The fourth-order valence-corrected chi connectivity index (χ4v) is 1.56. The van der Waals surface area contributed by atoms with Crippen LogP contribution >= 0.6 is 0 Å². The molecule has 7 heteroatoms. The van der Waals surface area contributed by atoms with Crippen molar-refractivity contribution in [3.8, 4) is 0 Å². The Morgan fingerprint density at radius 2 is 2.05 bits per heavy atom. The Balaban J connectivity index is 2.25. The Kier molecular flexibility index (Phi) is 3.99. The lowest BCUT2D eigenvalue weighted by molar-refractivity contribution is -0.140. The highest BCUT2D eigenvalue weighted by Crippen LogP contribution is 2.15. The molecule has 1 aromatic carbocycles. The highest BCUT2D eigenvalue weighted by Gasteiger charge is 2.28. The summed E-state index contributed by atoms with van der Waals surface area (Å²) in [5, 5.41) is 3.90. The summed E-state index contributed by atoms with van der Waals surface area (Å²) in [5.74, 6) is -1.69. The number of esters is 1. The Morgan fingerprint density at radius 3 is 2.65 bits per heavy atom. The van der Waals surface area contributed by atoms with Crippen molar-refractivity contribution in [3.63, 3.8) is 0 Å². The van der Waals surface area contributed by atoms with Gasteiger partial charge in [0.2, 0.25) is 11.8 Å². The third kappa shape index (κ3) is 2.77. The Hall–Kier alpha value is -2.83. The van der Waals surface area contributed by atoms with Gasteiger partial charge in [0, 0.05) is 5.56 Å². The van der Waals surface area contributed by atoms with E-state index in [0.717, 1.165) is 0 Å². The van der Waals surface area contributed by atoms with Crippen LogP contribution in [0.1, 0.15) is 12.5 Å². The molecule has 1 amide bonds. The summed E-state index contributed by atoms with van der Waals surface area (Å²) in [5.41, 5.74) is 7.93. The number of benzene rings is 1. The number of ether oxygens (including phenoxy) is 2. The van der Waals surface area contributed by atoms with E-state index < -0.39 is 17.4 Å². The fourth-order valence-electron chi connectivity index (χ4n) is 1.56. The molecule has 2 rings (SSSR count). The monoisotopic (exact) mass is 275 g/mol. The minimum atomic E-state index is -0.949. The maximum Gasteiger partial charge on any atom is 0.349 e. The SMILES string of the molecule is CCOC(=O)C(C(N)=O)=C1NN=C(c2ccccc2)O1. The normalized spacial score (nSPS) is 15.8. The number of primary amides is 1. The molecule has 104 valence electrons. The molecule has 7 nitrogen and oxygen atoms in total. The van der Waals surface area contributed by atoms with Crippen LogP contribution in [0.5, 0.6) is 0 Å². The van der Waals surface area contributed by atoms with Gasteiger partial charge in [0.25, 0.3) is 5.91 Å². The molecule has 0 radical (unpaired) electrons. The minimum absolute atomic E-state index is 0.120. The molecule has 0 aliphatic carbocycles. The van der Waals surface area contributed by atoms with E-state index in [1.165, 1.54) is 0 Å². The van der Waals surface area contributed by atoms with Crippen LogP contribution in [0.15, 0.2) is 46.9 Å². The molecule has 0 saturated carbocycles. The first-order chi connectivity index (χ1) is 9.63. The average Bonchev–Trinajstić information content (AvgIpc) is 2.89. The van der Waals surface area contributed by atoms with Crippen LogP contribution in [-0.2, 0) is 19.1 Å². The number of hydrogen-bond acceptors (Lipinski definition) is 6. The van der Waals surface area contributed by atoms with E-state index in [0.29, 0.717) is 5.56 Å². The second-order valence-corrected chi connectivity index (χ2v) is 3.79. The quantitative estimate of drug-likeness (QED) is 0.354. The molecule has 0 fully saturated rings. The molecule has 20 heavy (non-hydrogen) atoms. The first-order valence-electron chi connectivity index (χ1n) is 5.91. The largest absolute Gasteiger partial charge is 0.462 e. The van der Waals surface area contributed by atoms with E-state index in [4.69, 9.17) is 15.2 Å². The van der Waals surface area contributed by atoms with Gasteiger partial charge in [-0.3, -0.25) is 4.79 Å². The fraction of sp³-hybridized carbons (Fsp3) is 0.154. The third-order valence-corrected chi connectivity index (χ3v) is 2.43. The maximum atomic E-state index is 11.7. The summed E-state index contributed by atoms with van der Waals surface area (Å²) in [6.45, 7) is 1.74. The van der Waals surface area contributed by atoms with E-state index >= 15 is 0 Å². The van der Waals surface area contributed by atoms with Crippen LogP contribution in [0.3, 0.4) is 0 Å². The van der Waals surface area contributed by atoms with Gasteiger partial charge in [0.15, 0.2) is 5.57 Å². The number of nitrogens with one attached hydrogen (secondary N) is 1. The lowest BCUT2D eigenvalue weighted by Crippen LogP contribution is -2.27. The lowest BCUT2D eigenvalue weighted by atomic mass is 10.2. The standard InChI is InChI=1S/C13H13N3O4/c1-2-19-13(18)9(10(14)17)12-16-15-11(20-12)8-6-4-3-5-7-8/h3-7,16H,2H2,1H3,(H2,14,17). The molecule has 0 atom stereocenters. The van der Waals surface area contributed by atoms with Crippen LogP contribution in [0.4, 0.5) is 0 Å². The zero-order valence-corrected chi connectivity index (χ0v) is 10.8. The van der Waals surface area contributed by atoms with E-state index in [1.54, 1.807) is 19.1 Å². The number of nitrogens with two attached hydrogens (primary N) is 1. The van der Waals surface area contributed by atoms with Gasteiger partial charge in [-0.25, -0.2) is 10.2 Å². The first kappa shape index (κ1) is 13.6. The van der Waals surface area contributed by atoms with Crippen LogP contribution in [0, 0.1) is 0 Å². The van der Waals surface area contributed by atoms with Gasteiger partial charge in [0.1, 0.15) is 0 Å². The van der Waals surface area contributed by atoms with Crippen molar-refractivity contribution in [1.29, 1.82) is 0 Å². The summed E-state index contributed by atoms with van der Waals surface area (Å²) >= 11 is 0. The zero-order valence-electron chi connectivity index (χ0n) is 10.8. The molecule has 1 aromatic rings. The number of carbonyl (C=O) groups excluding carboxylic acids is 2. The molecule has 0 spiro atoms. The third-order valence-electron chi connectivity index (χ3n) is 2.43. The molecule has 0 bridgehead atoms. The second kappa shape index (κ2) is 5.87. The van der Waals surface area contributed by atoms with E-state index in [9.17, 15) is 9.59 Å². The number of rotatable bonds is 4. The summed E-state index contributed by atoms with van der Waals surface area (Å²) in [7, 11) is 0. The van der Waals surface area contributed by atoms with Gasteiger partial charge in [-0.2, -0.15) is 0 Å². The maximum absolute atomic E-state index is 11.7. The smallest absolute Gasteiger partial charge is 0.349 e. The van der Waals surface area contributed by atoms with Crippen molar-refractivity contribution in [2.45, 2.75) is 6.92 Å². The predicted molar refractivity (Wildman–Crippen MR) is 70.1 cm³/mol. The molecule has 1 aliphatic heterocycles. The molecule has 0 aromatic heterocycles. The van der Waals surface area contributed by atoms with Gasteiger partial charge in [-0.15, -0.1) is 5.10 Å². The number of hydrogen-bond donors (Lipinski definition) is 2. The zero-order chi connectivity index (χ0) is 14.5. The Morgan fingerprint density at radius 1 is 1.35 bits per heavy atom. The molecule has 0 unspecified atom stereocenters. The summed E-state index contributed by atoms with van der Waals surface area (Å²) in [4.78, 5) is 23.0. The Labute approximate surface area is 115 Å². The topological polar surface area (TPSA) is 103 Å². The first-order valence-corrected chi connectivity index (χ1v) is 5.91. The van der Waals surface area contributed by atoms with Crippen LogP contribution in [0.25, 0.3) is 0 Å². The van der Waals surface area contributed by atoms with Crippen molar-refractivity contribution in [2.24, 2.45) is 10.8 Å². The van der Waals surface area contributed by atoms with E-state index in [1.807, 2.05) is 18.2 Å². The van der Waals surface area contributed by atoms with Crippen LogP contribution in [-0.4, -0.2) is 24.4 Å². The number of hydrazone groups is 1. The molecule has 3 N–H and O–H groups in total. The Bertz CT molecular complexity index is 593. The number of amides is 1. The van der Waals surface area contributed by atoms with Gasteiger partial charge in [-0.05, 0) is 19.1 Å². The highest BCUT2D eigenvalue weighted by molar-refractivity contribution is 6.16. The second-order valence-electron chi connectivity index (χ2n) is 3.79. The van der Waals surface area contributed by atoms with Crippen molar-refractivity contribution in [2.75, 3.05) is 6.61 Å². The highest BCUT2D eigenvalue weighted by atomic mass is 16.5. The molecular weight excluding hydrogens is 262 g/mol. The predicted octanol–water partition coefficient (Wildman–Crippen LogP) is 0.228. The molecule has 0 saturated heterocycles. The minimum Gasteiger partial charge on any atom is -0.462 e. The van der Waals surface area contributed by atoms with Crippen molar-refractivity contribution < 1.29 is 19.1 Å². The van der Waals surface area contributed by atoms with Gasteiger partial charge < -0.3 is 15.2 Å². The molecule has 1 heterocycles.